The third-order valence-electron chi connectivity index (χ3n) is 9.26. The number of aryl methyl sites for hydroxylation is 1. The summed E-state index contributed by atoms with van der Waals surface area (Å²) in [6.45, 7) is 8.02. The number of nitrogens with zero attached hydrogens (tertiary/aromatic N) is 5. The molecule has 0 radical (unpaired) electrons. The van der Waals surface area contributed by atoms with Crippen molar-refractivity contribution >= 4 is 34.5 Å². The molecule has 1 fully saturated rings. The van der Waals surface area contributed by atoms with Crippen LogP contribution in [0.2, 0.25) is 0 Å². The quantitative estimate of drug-likeness (QED) is 0.150. The number of nitrogens with two attached hydrogens (primary N) is 1. The van der Waals surface area contributed by atoms with Crippen LogP contribution in [0, 0.1) is 18.8 Å². The number of anilines is 1. The fraction of sp³-hybridized carbons (Fsp3) is 0.378. The molecule has 5 N–H and O–H groups in total. The number of aromatic amines is 2. The number of tetrazole rings is 1. The van der Waals surface area contributed by atoms with E-state index in [-0.39, 0.29) is 24.2 Å². The van der Waals surface area contributed by atoms with Crippen molar-refractivity contribution in [2.45, 2.75) is 71.4 Å². The van der Waals surface area contributed by atoms with Crippen molar-refractivity contribution < 1.29 is 19.1 Å². The van der Waals surface area contributed by atoms with Gasteiger partial charge in [0.1, 0.15) is 11.6 Å². The predicted octanol–water partition coefficient (Wildman–Crippen LogP) is 5.48. The normalized spacial score (nSPS) is 16.9. The molecule has 13 nitrogen and oxygen atoms in total. The Morgan fingerprint density at radius 2 is 1.68 bits per heavy atom. The molecular weight excluding hydrogens is 634 g/mol. The Morgan fingerprint density at radius 1 is 0.980 bits per heavy atom. The van der Waals surface area contributed by atoms with Crippen molar-refractivity contribution in [2.75, 3.05) is 11.4 Å². The molecule has 0 spiro atoms. The van der Waals surface area contributed by atoms with Crippen LogP contribution in [0.3, 0.4) is 0 Å². The summed E-state index contributed by atoms with van der Waals surface area (Å²) in [5.41, 5.74) is 11.8. The summed E-state index contributed by atoms with van der Waals surface area (Å²) in [4.78, 5) is 41.4. The molecule has 1 atom stereocenters. The molecular formula is C37H43N9O4. The van der Waals surface area contributed by atoms with Crippen LogP contribution in [0.4, 0.5) is 10.5 Å². The second-order valence-electron chi connectivity index (χ2n) is 14.0. The van der Waals surface area contributed by atoms with Gasteiger partial charge in [-0.15, -0.1) is 10.2 Å². The Kier molecular flexibility index (Phi) is 9.93. The minimum atomic E-state index is -0.935. The van der Waals surface area contributed by atoms with Gasteiger partial charge in [0.2, 0.25) is 17.6 Å². The lowest BCUT2D eigenvalue weighted by molar-refractivity contribution is -0.127. The summed E-state index contributed by atoms with van der Waals surface area (Å²) in [5, 5.41) is 25.3. The van der Waals surface area contributed by atoms with E-state index in [1.807, 2.05) is 57.3 Å². The number of alkyl carbamates (subject to hydrolysis) is 1. The zero-order chi connectivity index (χ0) is 35.4. The molecule has 3 aromatic carbocycles. The molecule has 2 heterocycles. The number of carbonyl (C=O) groups is 3. The molecule has 5 aromatic rings. The first-order valence-electron chi connectivity index (χ1n) is 16.9. The smallest absolute Gasteiger partial charge is 0.407 e. The van der Waals surface area contributed by atoms with E-state index in [4.69, 9.17) is 10.5 Å². The van der Waals surface area contributed by atoms with Gasteiger partial charge in [-0.2, -0.15) is 10.3 Å². The molecule has 0 saturated heterocycles. The lowest BCUT2D eigenvalue weighted by atomic mass is 9.81. The highest BCUT2D eigenvalue weighted by molar-refractivity contribution is 6.02. The van der Waals surface area contributed by atoms with Crippen LogP contribution in [-0.2, 0) is 20.7 Å². The van der Waals surface area contributed by atoms with Crippen molar-refractivity contribution in [1.29, 1.82) is 0 Å². The SMILES string of the molecule is Cc1ccc2[nH]ncc2c1-c1ccc(C[C@@H](C(N)=O)N(c2ccc(-c3nn[nH]n3)cc2)C(=O)[C@H]2CC[C@H](CNC(=O)OC(C)(C)C)CC2)cc1. The lowest BCUT2D eigenvalue weighted by Crippen LogP contribution is -2.52. The van der Waals surface area contributed by atoms with Gasteiger partial charge >= 0.3 is 6.09 Å². The number of rotatable bonds is 10. The van der Waals surface area contributed by atoms with E-state index in [1.165, 1.54) is 0 Å². The molecule has 2 aromatic heterocycles. The highest BCUT2D eigenvalue weighted by Crippen LogP contribution is 2.34. The molecule has 1 saturated carbocycles. The minimum absolute atomic E-state index is 0.154. The van der Waals surface area contributed by atoms with Crippen molar-refractivity contribution in [3.05, 3.63) is 78.0 Å². The number of hydrogen-bond donors (Lipinski definition) is 4. The Labute approximate surface area is 290 Å². The Morgan fingerprint density at radius 3 is 2.32 bits per heavy atom. The fourth-order valence-corrected chi connectivity index (χ4v) is 6.73. The van der Waals surface area contributed by atoms with E-state index in [2.05, 4.69) is 49.1 Å². The molecule has 3 amide bonds. The topological polar surface area (TPSA) is 185 Å². The van der Waals surface area contributed by atoms with Crippen LogP contribution in [0.1, 0.15) is 57.6 Å². The largest absolute Gasteiger partial charge is 0.444 e. The number of primary amides is 1. The zero-order valence-electron chi connectivity index (χ0n) is 28.8. The van der Waals surface area contributed by atoms with Crippen LogP contribution in [0.15, 0.2) is 66.9 Å². The molecule has 0 unspecified atom stereocenters. The Bertz CT molecular complexity index is 1940. The first kappa shape index (κ1) is 34.3. The summed E-state index contributed by atoms with van der Waals surface area (Å²) in [6, 6.07) is 18.3. The van der Waals surface area contributed by atoms with E-state index >= 15 is 0 Å². The minimum Gasteiger partial charge on any atom is -0.444 e. The second-order valence-corrected chi connectivity index (χ2v) is 14.0. The number of amides is 3. The van der Waals surface area contributed by atoms with Crippen LogP contribution in [0.5, 0.6) is 0 Å². The molecule has 0 bridgehead atoms. The number of fused-ring (bicyclic) bond motifs is 1. The maximum atomic E-state index is 14.4. The summed E-state index contributed by atoms with van der Waals surface area (Å²) in [7, 11) is 0. The number of ether oxygens (including phenoxy) is 1. The van der Waals surface area contributed by atoms with Gasteiger partial charge in [-0.05, 0) is 117 Å². The first-order chi connectivity index (χ1) is 24.0. The van der Waals surface area contributed by atoms with Crippen molar-refractivity contribution in [3.8, 4) is 22.5 Å². The summed E-state index contributed by atoms with van der Waals surface area (Å²) >= 11 is 0. The number of H-pyrrole nitrogens is 2. The van der Waals surface area contributed by atoms with E-state index in [0.717, 1.165) is 46.0 Å². The molecule has 13 heteroatoms. The summed E-state index contributed by atoms with van der Waals surface area (Å²) in [6.07, 6.45) is 4.36. The Balaban J connectivity index is 1.22. The van der Waals surface area contributed by atoms with Crippen LogP contribution < -0.4 is 16.0 Å². The van der Waals surface area contributed by atoms with E-state index in [0.29, 0.717) is 36.5 Å². The first-order valence-corrected chi connectivity index (χ1v) is 16.9. The van der Waals surface area contributed by atoms with Gasteiger partial charge < -0.3 is 15.8 Å². The predicted molar refractivity (Wildman–Crippen MR) is 190 cm³/mol. The summed E-state index contributed by atoms with van der Waals surface area (Å²) in [5.74, 6) is -0.429. The second kappa shape index (κ2) is 14.5. The molecule has 50 heavy (non-hydrogen) atoms. The van der Waals surface area contributed by atoms with E-state index in [9.17, 15) is 14.4 Å². The van der Waals surface area contributed by atoms with Gasteiger partial charge in [-0.3, -0.25) is 19.6 Å². The molecule has 1 aliphatic carbocycles. The van der Waals surface area contributed by atoms with Gasteiger partial charge in [0, 0.05) is 35.5 Å². The monoisotopic (exact) mass is 677 g/mol. The van der Waals surface area contributed by atoms with Crippen molar-refractivity contribution in [2.24, 2.45) is 17.6 Å². The number of benzene rings is 3. The molecule has 0 aliphatic heterocycles. The third-order valence-corrected chi connectivity index (χ3v) is 9.26. The lowest BCUT2D eigenvalue weighted by Gasteiger charge is -2.36. The highest BCUT2D eigenvalue weighted by atomic mass is 16.6. The standard InChI is InChI=1S/C37H43N9O4/c1-22-5-18-30-29(21-40-41-30)32(22)25-10-6-23(7-11-25)19-31(33(38)47)46(28-16-14-26(15-17-28)34-42-44-45-43-34)35(48)27-12-8-24(9-13-27)20-39-36(49)50-37(2,3)4/h5-7,10-11,14-18,21,24,27,31H,8-9,12-13,19-20H2,1-4H3,(H2,38,47)(H,39,49)(H,40,41)(H,42,43,44,45)/t24-,27-,31-/m0/s1. The van der Waals surface area contributed by atoms with Crippen LogP contribution >= 0.6 is 0 Å². The molecule has 260 valence electrons. The average Bonchev–Trinajstić information content (AvgIpc) is 3.80. The van der Waals surface area contributed by atoms with Gasteiger partial charge in [0.25, 0.3) is 0 Å². The van der Waals surface area contributed by atoms with Crippen molar-refractivity contribution in [1.82, 2.24) is 36.1 Å². The third kappa shape index (κ3) is 7.82. The van der Waals surface area contributed by atoms with Crippen LogP contribution in [-0.4, -0.2) is 66.9 Å². The zero-order valence-corrected chi connectivity index (χ0v) is 28.8. The number of carbonyl (C=O) groups excluding carboxylic acids is 3. The van der Waals surface area contributed by atoms with Crippen LogP contribution in [0.25, 0.3) is 33.4 Å². The maximum absolute atomic E-state index is 14.4. The Hall–Kier alpha value is -5.59. The average molecular weight is 678 g/mol. The van der Waals surface area contributed by atoms with Gasteiger partial charge in [0.05, 0.1) is 11.7 Å². The van der Waals surface area contributed by atoms with E-state index in [1.54, 1.807) is 29.2 Å². The molecule has 6 rings (SSSR count). The number of nitrogens with one attached hydrogen (secondary N) is 3. The fourth-order valence-electron chi connectivity index (χ4n) is 6.73. The number of hydrogen-bond acceptors (Lipinski definition) is 8. The van der Waals surface area contributed by atoms with Gasteiger partial charge in [0.15, 0.2) is 0 Å². The maximum Gasteiger partial charge on any atom is 0.407 e. The van der Waals surface area contributed by atoms with E-state index < -0.39 is 23.6 Å². The summed E-state index contributed by atoms with van der Waals surface area (Å²) < 4.78 is 5.37. The molecule has 1 aliphatic rings. The van der Waals surface area contributed by atoms with Gasteiger partial charge in [-0.25, -0.2) is 4.79 Å². The highest BCUT2D eigenvalue weighted by Gasteiger charge is 2.36. The van der Waals surface area contributed by atoms with Gasteiger partial charge in [-0.1, -0.05) is 30.3 Å². The number of aromatic nitrogens is 6. The van der Waals surface area contributed by atoms with Crippen molar-refractivity contribution in [3.63, 3.8) is 0 Å².